The van der Waals surface area contributed by atoms with Crippen molar-refractivity contribution in [1.82, 2.24) is 29.7 Å². The molecule has 23 heavy (non-hydrogen) atoms. The maximum atomic E-state index is 6.42. The van der Waals surface area contributed by atoms with Crippen LogP contribution in [0.2, 0.25) is 5.15 Å². The Kier molecular flexibility index (Phi) is 2.85. The summed E-state index contributed by atoms with van der Waals surface area (Å²) in [4.78, 5) is 16.5. The van der Waals surface area contributed by atoms with Gasteiger partial charge in [-0.1, -0.05) is 11.6 Å². The second-order valence-electron chi connectivity index (χ2n) is 6.41. The first kappa shape index (κ1) is 13.3. The van der Waals surface area contributed by atoms with Gasteiger partial charge < -0.3 is 10.3 Å². The van der Waals surface area contributed by atoms with Crippen molar-refractivity contribution in [3.8, 4) is 0 Å². The third-order valence-corrected chi connectivity index (χ3v) is 4.83. The number of nitrogens with one attached hydrogen (secondary N) is 2. The first-order valence-corrected chi connectivity index (χ1v) is 8.35. The molecule has 0 amide bonds. The fourth-order valence-corrected chi connectivity index (χ4v) is 3.02. The van der Waals surface area contributed by atoms with Crippen LogP contribution in [-0.4, -0.2) is 29.7 Å². The van der Waals surface area contributed by atoms with Crippen LogP contribution in [0.1, 0.15) is 37.3 Å². The Hall–Kier alpha value is -2.15. The second kappa shape index (κ2) is 4.92. The Morgan fingerprint density at radius 3 is 2.91 bits per heavy atom. The van der Waals surface area contributed by atoms with Crippen molar-refractivity contribution in [2.45, 2.75) is 38.1 Å². The number of rotatable bonds is 5. The molecule has 5 rings (SSSR count). The smallest absolute Gasteiger partial charge is 0.229 e. The number of aromatic nitrogens is 6. The summed E-state index contributed by atoms with van der Waals surface area (Å²) in [5, 5.41) is 8.17. The summed E-state index contributed by atoms with van der Waals surface area (Å²) in [5.41, 5.74) is 3.40. The van der Waals surface area contributed by atoms with Crippen LogP contribution in [0.25, 0.3) is 11.2 Å². The molecule has 3 aromatic heterocycles. The molecule has 3 aromatic rings. The van der Waals surface area contributed by atoms with Crippen molar-refractivity contribution in [3.63, 3.8) is 0 Å². The Balaban J connectivity index is 1.47. The maximum absolute atomic E-state index is 6.42. The van der Waals surface area contributed by atoms with Crippen molar-refractivity contribution in [2.24, 2.45) is 5.92 Å². The maximum Gasteiger partial charge on any atom is 0.229 e. The minimum atomic E-state index is 0.509. The zero-order valence-electron chi connectivity index (χ0n) is 12.5. The summed E-state index contributed by atoms with van der Waals surface area (Å²) < 4.78 is 1.84. The predicted molar refractivity (Wildman–Crippen MR) is 86.9 cm³/mol. The van der Waals surface area contributed by atoms with Crippen LogP contribution in [0.3, 0.4) is 0 Å². The fourth-order valence-electron chi connectivity index (χ4n) is 2.81. The van der Waals surface area contributed by atoms with E-state index in [2.05, 4.69) is 30.4 Å². The van der Waals surface area contributed by atoms with Gasteiger partial charge in [-0.2, -0.15) is 10.1 Å². The van der Waals surface area contributed by atoms with Gasteiger partial charge in [-0.05, 0) is 31.6 Å². The minimum absolute atomic E-state index is 0.509. The Morgan fingerprint density at radius 2 is 2.13 bits per heavy atom. The predicted octanol–water partition coefficient (Wildman–Crippen LogP) is 3.23. The van der Waals surface area contributed by atoms with Crippen molar-refractivity contribution < 1.29 is 0 Å². The molecule has 0 aromatic carbocycles. The van der Waals surface area contributed by atoms with Gasteiger partial charge in [0, 0.05) is 12.5 Å². The molecule has 8 heteroatoms. The largest absolute Gasteiger partial charge is 0.342 e. The molecule has 2 aliphatic rings. The van der Waals surface area contributed by atoms with Gasteiger partial charge in [0.25, 0.3) is 0 Å². The summed E-state index contributed by atoms with van der Waals surface area (Å²) in [7, 11) is 0. The van der Waals surface area contributed by atoms with Gasteiger partial charge >= 0.3 is 0 Å². The molecule has 0 radical (unpaired) electrons. The summed E-state index contributed by atoms with van der Waals surface area (Å²) in [5.74, 6) is 1.76. The SMILES string of the molecule is Clc1c(Nc2nc(C3CC3)c3[nH]cnc3n2)cnn1CC1CC1. The first-order chi connectivity index (χ1) is 11.3. The molecule has 2 N–H and O–H groups in total. The lowest BCUT2D eigenvalue weighted by atomic mass is 10.2. The average Bonchev–Trinajstić information content (AvgIpc) is 3.46. The minimum Gasteiger partial charge on any atom is -0.342 e. The lowest BCUT2D eigenvalue weighted by molar-refractivity contribution is 0.564. The van der Waals surface area contributed by atoms with Crippen molar-refractivity contribution in [3.05, 3.63) is 23.4 Å². The number of halogens is 1. The zero-order valence-corrected chi connectivity index (χ0v) is 13.2. The van der Waals surface area contributed by atoms with E-state index in [1.165, 1.54) is 25.7 Å². The first-order valence-electron chi connectivity index (χ1n) is 7.97. The van der Waals surface area contributed by atoms with Crippen LogP contribution < -0.4 is 5.32 Å². The van der Waals surface area contributed by atoms with Crippen LogP contribution in [0, 0.1) is 5.92 Å². The van der Waals surface area contributed by atoms with E-state index >= 15 is 0 Å². The van der Waals surface area contributed by atoms with Gasteiger partial charge in [-0.15, -0.1) is 0 Å². The quantitative estimate of drug-likeness (QED) is 0.750. The molecular weight excluding hydrogens is 314 g/mol. The van der Waals surface area contributed by atoms with Crippen molar-refractivity contribution >= 4 is 34.4 Å². The van der Waals surface area contributed by atoms with Gasteiger partial charge in [0.1, 0.15) is 5.52 Å². The lowest BCUT2D eigenvalue weighted by Crippen LogP contribution is -2.03. The van der Waals surface area contributed by atoms with Gasteiger partial charge in [0.2, 0.25) is 5.95 Å². The average molecular weight is 330 g/mol. The van der Waals surface area contributed by atoms with E-state index in [0.717, 1.165) is 29.4 Å². The highest BCUT2D eigenvalue weighted by atomic mass is 35.5. The molecule has 3 heterocycles. The zero-order chi connectivity index (χ0) is 15.4. The van der Waals surface area contributed by atoms with Crippen LogP contribution in [0.15, 0.2) is 12.5 Å². The van der Waals surface area contributed by atoms with Crippen molar-refractivity contribution in [1.29, 1.82) is 0 Å². The molecule has 118 valence electrons. The lowest BCUT2D eigenvalue weighted by Gasteiger charge is -2.06. The molecule has 0 saturated heterocycles. The number of anilines is 2. The molecule has 2 saturated carbocycles. The van der Waals surface area contributed by atoms with E-state index < -0.39 is 0 Å². The topological polar surface area (TPSA) is 84.3 Å². The Morgan fingerprint density at radius 1 is 1.26 bits per heavy atom. The van der Waals surface area contributed by atoms with Gasteiger partial charge in [-0.25, -0.2) is 9.97 Å². The standard InChI is InChI=1S/C15H16ClN7/c16-13-10(5-19-23(13)6-8-1-2-8)20-15-21-11(9-3-4-9)12-14(22-15)18-7-17-12/h5,7-9H,1-4,6H2,(H2,17,18,20,21,22). The number of imidazole rings is 1. The van der Waals surface area contributed by atoms with Crippen LogP contribution in [0.4, 0.5) is 11.6 Å². The highest BCUT2D eigenvalue weighted by Gasteiger charge is 2.29. The highest BCUT2D eigenvalue weighted by Crippen LogP contribution is 2.41. The fraction of sp³-hybridized carbons (Fsp3) is 0.467. The van der Waals surface area contributed by atoms with Gasteiger partial charge in [-0.3, -0.25) is 4.68 Å². The molecule has 0 bridgehead atoms. The molecule has 0 atom stereocenters. The van der Waals surface area contributed by atoms with Gasteiger partial charge in [0.15, 0.2) is 10.8 Å². The summed E-state index contributed by atoms with van der Waals surface area (Å²) >= 11 is 6.42. The number of nitrogens with zero attached hydrogens (tertiary/aromatic N) is 5. The van der Waals surface area contributed by atoms with E-state index in [9.17, 15) is 0 Å². The summed E-state index contributed by atoms with van der Waals surface area (Å²) in [6.45, 7) is 0.882. The van der Waals surface area contributed by atoms with Crippen LogP contribution in [0.5, 0.6) is 0 Å². The number of H-pyrrole nitrogens is 1. The van der Waals surface area contributed by atoms with E-state index in [0.29, 0.717) is 22.7 Å². The van der Waals surface area contributed by atoms with E-state index in [-0.39, 0.29) is 0 Å². The Bertz CT molecular complexity index is 875. The highest BCUT2D eigenvalue weighted by molar-refractivity contribution is 6.32. The van der Waals surface area contributed by atoms with Crippen LogP contribution in [-0.2, 0) is 6.54 Å². The number of fused-ring (bicyclic) bond motifs is 1. The summed E-state index contributed by atoms with van der Waals surface area (Å²) in [6, 6.07) is 0. The van der Waals surface area contributed by atoms with Crippen LogP contribution >= 0.6 is 11.6 Å². The molecular formula is C15H16ClN7. The molecule has 2 aliphatic carbocycles. The third kappa shape index (κ3) is 2.45. The second-order valence-corrected chi connectivity index (χ2v) is 6.77. The van der Waals surface area contributed by atoms with E-state index in [4.69, 9.17) is 11.6 Å². The van der Waals surface area contributed by atoms with E-state index in [1.807, 2.05) is 4.68 Å². The number of aromatic amines is 1. The molecule has 0 spiro atoms. The molecule has 0 aliphatic heterocycles. The van der Waals surface area contributed by atoms with Gasteiger partial charge in [0.05, 0.1) is 23.9 Å². The molecule has 7 nitrogen and oxygen atoms in total. The molecule has 0 unspecified atom stereocenters. The monoisotopic (exact) mass is 329 g/mol. The van der Waals surface area contributed by atoms with E-state index in [1.54, 1.807) is 12.5 Å². The normalized spacial score (nSPS) is 17.8. The third-order valence-electron chi connectivity index (χ3n) is 4.43. The molecule has 2 fully saturated rings. The number of hydrogen-bond acceptors (Lipinski definition) is 5. The summed E-state index contributed by atoms with van der Waals surface area (Å²) in [6.07, 6.45) is 8.27. The van der Waals surface area contributed by atoms with Crippen molar-refractivity contribution in [2.75, 3.05) is 5.32 Å². The number of hydrogen-bond donors (Lipinski definition) is 2. The Labute approximate surface area is 137 Å².